The maximum Gasteiger partial charge on any atom is 0.289 e. The summed E-state index contributed by atoms with van der Waals surface area (Å²) in [6, 6.07) is 3.26. The van der Waals surface area contributed by atoms with Crippen molar-refractivity contribution in [3.63, 3.8) is 0 Å². The minimum Gasteiger partial charge on any atom is -0.459 e. The third-order valence-electron chi connectivity index (χ3n) is 4.05. The Morgan fingerprint density at radius 2 is 2.09 bits per heavy atom. The van der Waals surface area contributed by atoms with Gasteiger partial charge in [0.25, 0.3) is 5.91 Å². The molecule has 0 radical (unpaired) electrons. The van der Waals surface area contributed by atoms with E-state index in [9.17, 15) is 13.2 Å². The summed E-state index contributed by atoms with van der Waals surface area (Å²) in [4.78, 5) is 14.1. The molecule has 3 rings (SSSR count). The Morgan fingerprint density at radius 1 is 1.26 bits per heavy atom. The smallest absolute Gasteiger partial charge is 0.289 e. The van der Waals surface area contributed by atoms with Gasteiger partial charge in [-0.15, -0.1) is 0 Å². The third kappa shape index (κ3) is 3.57. The standard InChI is InChI=1S/C14H20N2O6S/c1-23(18,19)16-5-7-20-11-14(10-16)9-15(4-8-22-14)13(17)12-3-2-6-21-12/h2-3,6H,4-5,7-11H2,1H3/t14-/m0/s1. The van der Waals surface area contributed by atoms with Gasteiger partial charge in [0.1, 0.15) is 5.60 Å². The van der Waals surface area contributed by atoms with Gasteiger partial charge in [0, 0.05) is 19.6 Å². The van der Waals surface area contributed by atoms with Crippen molar-refractivity contribution in [1.29, 1.82) is 0 Å². The molecule has 2 fully saturated rings. The average molecular weight is 344 g/mol. The van der Waals surface area contributed by atoms with E-state index < -0.39 is 15.6 Å². The van der Waals surface area contributed by atoms with Crippen LogP contribution in [0, 0.1) is 0 Å². The molecule has 128 valence electrons. The third-order valence-corrected chi connectivity index (χ3v) is 5.30. The van der Waals surface area contributed by atoms with Crippen molar-refractivity contribution in [2.45, 2.75) is 5.60 Å². The van der Waals surface area contributed by atoms with Gasteiger partial charge in [-0.05, 0) is 12.1 Å². The summed E-state index contributed by atoms with van der Waals surface area (Å²) in [6.45, 7) is 2.04. The van der Waals surface area contributed by atoms with Gasteiger partial charge in [-0.25, -0.2) is 8.42 Å². The first-order valence-electron chi connectivity index (χ1n) is 7.39. The lowest BCUT2D eigenvalue weighted by molar-refractivity contribution is -0.129. The van der Waals surface area contributed by atoms with E-state index in [1.165, 1.54) is 16.8 Å². The van der Waals surface area contributed by atoms with E-state index in [-0.39, 0.29) is 37.9 Å². The van der Waals surface area contributed by atoms with E-state index >= 15 is 0 Å². The first-order valence-corrected chi connectivity index (χ1v) is 9.24. The lowest BCUT2D eigenvalue weighted by Gasteiger charge is -2.42. The highest BCUT2D eigenvalue weighted by molar-refractivity contribution is 7.88. The van der Waals surface area contributed by atoms with Gasteiger partial charge >= 0.3 is 0 Å². The maximum absolute atomic E-state index is 12.5. The number of hydrogen-bond acceptors (Lipinski definition) is 6. The number of furan rings is 1. The maximum atomic E-state index is 12.5. The molecule has 1 aromatic rings. The number of amides is 1. The van der Waals surface area contributed by atoms with Crippen molar-refractivity contribution in [3.05, 3.63) is 24.2 Å². The van der Waals surface area contributed by atoms with Crippen LogP contribution in [0.15, 0.2) is 22.8 Å². The molecular formula is C14H20N2O6S. The van der Waals surface area contributed by atoms with Crippen LogP contribution in [0.25, 0.3) is 0 Å². The molecule has 2 saturated heterocycles. The summed E-state index contributed by atoms with van der Waals surface area (Å²) in [5.74, 6) is 0.0318. The number of hydrogen-bond donors (Lipinski definition) is 0. The van der Waals surface area contributed by atoms with E-state index in [1.54, 1.807) is 17.0 Å². The second-order valence-electron chi connectivity index (χ2n) is 5.88. The number of rotatable bonds is 2. The van der Waals surface area contributed by atoms with Gasteiger partial charge in [-0.3, -0.25) is 4.79 Å². The molecule has 8 nitrogen and oxygen atoms in total. The number of carbonyl (C=O) groups is 1. The van der Waals surface area contributed by atoms with Crippen molar-refractivity contribution >= 4 is 15.9 Å². The Bertz CT molecular complexity index is 659. The van der Waals surface area contributed by atoms with Crippen molar-refractivity contribution in [3.8, 4) is 0 Å². The van der Waals surface area contributed by atoms with Gasteiger partial charge < -0.3 is 18.8 Å². The highest BCUT2D eigenvalue weighted by atomic mass is 32.2. The monoisotopic (exact) mass is 344 g/mol. The summed E-state index contributed by atoms with van der Waals surface area (Å²) in [5, 5.41) is 0. The second-order valence-corrected chi connectivity index (χ2v) is 7.87. The van der Waals surface area contributed by atoms with E-state index in [0.717, 1.165) is 0 Å². The minimum absolute atomic E-state index is 0.174. The predicted octanol–water partition coefficient (Wildman–Crippen LogP) is -0.217. The first kappa shape index (κ1) is 16.4. The lowest BCUT2D eigenvalue weighted by atomic mass is 10.0. The molecule has 23 heavy (non-hydrogen) atoms. The predicted molar refractivity (Wildman–Crippen MR) is 80.5 cm³/mol. The fraction of sp³-hybridized carbons (Fsp3) is 0.643. The molecule has 1 spiro atoms. The minimum atomic E-state index is -3.35. The van der Waals surface area contributed by atoms with Gasteiger partial charge in [0.2, 0.25) is 10.0 Å². The zero-order valence-electron chi connectivity index (χ0n) is 12.9. The van der Waals surface area contributed by atoms with Crippen LogP contribution < -0.4 is 0 Å². The molecule has 1 aromatic heterocycles. The zero-order chi connectivity index (χ0) is 16.5. The number of sulfonamides is 1. The Morgan fingerprint density at radius 3 is 2.78 bits per heavy atom. The highest BCUT2D eigenvalue weighted by Gasteiger charge is 2.43. The number of ether oxygens (including phenoxy) is 2. The molecule has 0 aromatic carbocycles. The van der Waals surface area contributed by atoms with Crippen LogP contribution in [0.3, 0.4) is 0 Å². The topological polar surface area (TPSA) is 89.3 Å². The molecule has 0 aliphatic carbocycles. The van der Waals surface area contributed by atoms with Crippen molar-refractivity contribution in [1.82, 2.24) is 9.21 Å². The van der Waals surface area contributed by atoms with Crippen LogP contribution in [-0.2, 0) is 19.5 Å². The Kier molecular flexibility index (Phi) is 4.45. The van der Waals surface area contributed by atoms with Crippen molar-refractivity contribution in [2.24, 2.45) is 0 Å². The number of morpholine rings is 1. The molecule has 2 aliphatic heterocycles. The van der Waals surface area contributed by atoms with Crippen LogP contribution in [0.5, 0.6) is 0 Å². The molecular weight excluding hydrogens is 324 g/mol. The summed E-state index contributed by atoms with van der Waals surface area (Å²) in [6.07, 6.45) is 2.62. The molecule has 3 heterocycles. The lowest BCUT2D eigenvalue weighted by Crippen LogP contribution is -2.60. The summed E-state index contributed by atoms with van der Waals surface area (Å²) in [7, 11) is -3.35. The molecule has 1 atom stereocenters. The van der Waals surface area contributed by atoms with Crippen LogP contribution in [-0.4, -0.2) is 81.4 Å². The Hall–Kier alpha value is -1.42. The quantitative estimate of drug-likeness (QED) is 0.737. The second kappa shape index (κ2) is 6.23. The van der Waals surface area contributed by atoms with Gasteiger partial charge in [0.15, 0.2) is 5.76 Å². The zero-order valence-corrected chi connectivity index (χ0v) is 13.8. The number of nitrogens with zero attached hydrogens (tertiary/aromatic N) is 2. The van der Waals surface area contributed by atoms with Gasteiger partial charge in [-0.1, -0.05) is 0 Å². The van der Waals surface area contributed by atoms with Gasteiger partial charge in [0.05, 0.1) is 38.9 Å². The molecule has 1 amide bonds. The van der Waals surface area contributed by atoms with E-state index in [0.29, 0.717) is 19.8 Å². The normalized spacial score (nSPS) is 27.1. The SMILES string of the molecule is CS(=O)(=O)N1CCOC[C@]2(CN(C(=O)c3ccco3)CCO2)C1. The summed E-state index contributed by atoms with van der Waals surface area (Å²) < 4.78 is 41.7. The van der Waals surface area contributed by atoms with Crippen LogP contribution in [0.2, 0.25) is 0 Å². The van der Waals surface area contributed by atoms with Crippen molar-refractivity contribution < 1.29 is 27.1 Å². The van der Waals surface area contributed by atoms with Crippen LogP contribution >= 0.6 is 0 Å². The molecule has 0 bridgehead atoms. The van der Waals surface area contributed by atoms with Crippen LogP contribution in [0.1, 0.15) is 10.6 Å². The largest absolute Gasteiger partial charge is 0.459 e. The molecule has 0 unspecified atom stereocenters. The summed E-state index contributed by atoms with van der Waals surface area (Å²) in [5.41, 5.74) is -0.847. The van der Waals surface area contributed by atoms with Crippen molar-refractivity contribution in [2.75, 3.05) is 52.3 Å². The van der Waals surface area contributed by atoms with E-state index in [4.69, 9.17) is 13.9 Å². The number of carbonyl (C=O) groups excluding carboxylic acids is 1. The summed E-state index contributed by atoms with van der Waals surface area (Å²) >= 11 is 0. The molecule has 9 heteroatoms. The van der Waals surface area contributed by atoms with Gasteiger partial charge in [-0.2, -0.15) is 4.31 Å². The Balaban J connectivity index is 1.79. The molecule has 0 N–H and O–H groups in total. The Labute approximate surface area is 135 Å². The fourth-order valence-corrected chi connectivity index (χ4v) is 3.79. The molecule has 2 aliphatic rings. The van der Waals surface area contributed by atoms with Crippen LogP contribution in [0.4, 0.5) is 0 Å². The van der Waals surface area contributed by atoms with E-state index in [1.807, 2.05) is 0 Å². The molecule has 0 saturated carbocycles. The van der Waals surface area contributed by atoms with E-state index in [2.05, 4.69) is 0 Å². The fourth-order valence-electron chi connectivity index (χ4n) is 2.91. The first-order chi connectivity index (χ1) is 10.9. The highest BCUT2D eigenvalue weighted by Crippen LogP contribution is 2.25. The average Bonchev–Trinajstić information content (AvgIpc) is 2.95.